The van der Waals surface area contributed by atoms with Gasteiger partial charge in [0.2, 0.25) is 0 Å². The van der Waals surface area contributed by atoms with Gasteiger partial charge in [-0.3, -0.25) is 0 Å². The lowest BCUT2D eigenvalue weighted by molar-refractivity contribution is 0.0473. The smallest absolute Gasteiger partial charge is 0.338 e. The molecule has 0 radical (unpaired) electrons. The SMILES string of the molecule is N#Cc1c(COC(=O)c2ccc3nc(Cl)ccc3c2)cn2ccccc12. The number of benzene rings is 1. The van der Waals surface area contributed by atoms with E-state index in [0.29, 0.717) is 27.4 Å². The number of aromatic nitrogens is 2. The normalized spacial score (nSPS) is 10.8. The summed E-state index contributed by atoms with van der Waals surface area (Å²) in [4.78, 5) is 16.6. The molecule has 3 heterocycles. The van der Waals surface area contributed by atoms with Crippen molar-refractivity contribution in [1.29, 1.82) is 5.26 Å². The summed E-state index contributed by atoms with van der Waals surface area (Å²) in [5.74, 6) is -0.457. The van der Waals surface area contributed by atoms with Crippen molar-refractivity contribution in [1.82, 2.24) is 9.38 Å². The zero-order chi connectivity index (χ0) is 18.1. The van der Waals surface area contributed by atoms with Gasteiger partial charge in [0.15, 0.2) is 0 Å². The third kappa shape index (κ3) is 2.87. The fourth-order valence-electron chi connectivity index (χ4n) is 2.87. The van der Waals surface area contributed by atoms with Gasteiger partial charge in [-0.25, -0.2) is 9.78 Å². The van der Waals surface area contributed by atoms with E-state index in [9.17, 15) is 10.1 Å². The van der Waals surface area contributed by atoms with E-state index in [-0.39, 0.29) is 6.61 Å². The van der Waals surface area contributed by atoms with Crippen LogP contribution >= 0.6 is 11.6 Å². The summed E-state index contributed by atoms with van der Waals surface area (Å²) in [6, 6.07) is 16.3. The first-order valence-corrected chi connectivity index (χ1v) is 8.25. The number of rotatable bonds is 3. The average Bonchev–Trinajstić information content (AvgIpc) is 3.03. The van der Waals surface area contributed by atoms with Gasteiger partial charge >= 0.3 is 5.97 Å². The van der Waals surface area contributed by atoms with E-state index >= 15 is 0 Å². The molecule has 0 spiro atoms. The fraction of sp³-hybridized carbons (Fsp3) is 0.0500. The molecule has 0 N–H and O–H groups in total. The second-order valence-electron chi connectivity index (χ2n) is 5.75. The van der Waals surface area contributed by atoms with Crippen LogP contribution in [0.25, 0.3) is 16.4 Å². The van der Waals surface area contributed by atoms with Crippen LogP contribution in [-0.4, -0.2) is 15.4 Å². The molecule has 0 aliphatic rings. The Morgan fingerprint density at radius 1 is 1.23 bits per heavy atom. The Morgan fingerprint density at radius 2 is 2.12 bits per heavy atom. The molecule has 4 aromatic rings. The Labute approximate surface area is 154 Å². The maximum Gasteiger partial charge on any atom is 0.338 e. The molecule has 0 saturated heterocycles. The molecular formula is C20H12ClN3O2. The van der Waals surface area contributed by atoms with Gasteiger partial charge in [0.1, 0.15) is 17.8 Å². The average molecular weight is 362 g/mol. The highest BCUT2D eigenvalue weighted by molar-refractivity contribution is 6.29. The highest BCUT2D eigenvalue weighted by atomic mass is 35.5. The van der Waals surface area contributed by atoms with E-state index in [4.69, 9.17) is 16.3 Å². The highest BCUT2D eigenvalue weighted by Gasteiger charge is 2.14. The summed E-state index contributed by atoms with van der Waals surface area (Å²) in [7, 11) is 0. The number of hydrogen-bond donors (Lipinski definition) is 0. The molecule has 0 atom stereocenters. The van der Waals surface area contributed by atoms with E-state index in [1.54, 1.807) is 36.5 Å². The molecule has 3 aromatic heterocycles. The topological polar surface area (TPSA) is 67.4 Å². The van der Waals surface area contributed by atoms with Crippen molar-refractivity contribution in [3.63, 3.8) is 0 Å². The summed E-state index contributed by atoms with van der Waals surface area (Å²) in [5, 5.41) is 10.6. The molecule has 126 valence electrons. The van der Waals surface area contributed by atoms with Gasteiger partial charge < -0.3 is 9.14 Å². The minimum Gasteiger partial charge on any atom is -0.457 e. The monoisotopic (exact) mass is 361 g/mol. The van der Waals surface area contributed by atoms with Crippen molar-refractivity contribution >= 4 is 34.0 Å². The van der Waals surface area contributed by atoms with Crippen LogP contribution in [0.5, 0.6) is 0 Å². The summed E-state index contributed by atoms with van der Waals surface area (Å²) in [6.45, 7) is 0.0281. The second kappa shape index (κ2) is 6.51. The maximum atomic E-state index is 12.4. The van der Waals surface area contributed by atoms with Gasteiger partial charge in [-0.05, 0) is 42.5 Å². The molecule has 6 heteroatoms. The van der Waals surface area contributed by atoms with Crippen molar-refractivity contribution in [3.8, 4) is 6.07 Å². The molecule has 1 aromatic carbocycles. The summed E-state index contributed by atoms with van der Waals surface area (Å²) >= 11 is 5.87. The van der Waals surface area contributed by atoms with Gasteiger partial charge in [0.05, 0.1) is 22.2 Å². The van der Waals surface area contributed by atoms with Crippen LogP contribution in [0.4, 0.5) is 0 Å². The minimum absolute atomic E-state index is 0.0281. The maximum absolute atomic E-state index is 12.4. The molecule has 0 fully saturated rings. The number of hydrogen-bond acceptors (Lipinski definition) is 4. The number of ether oxygens (including phenoxy) is 1. The Bertz CT molecular complexity index is 1190. The Morgan fingerprint density at radius 3 is 2.96 bits per heavy atom. The molecule has 0 aliphatic heterocycles. The molecular weight excluding hydrogens is 350 g/mol. The van der Waals surface area contributed by atoms with E-state index in [1.807, 2.05) is 28.8 Å². The number of esters is 1. The predicted molar refractivity (Wildman–Crippen MR) is 98.0 cm³/mol. The lowest BCUT2D eigenvalue weighted by Gasteiger charge is -2.05. The van der Waals surface area contributed by atoms with E-state index in [0.717, 1.165) is 10.9 Å². The largest absolute Gasteiger partial charge is 0.457 e. The number of pyridine rings is 2. The number of nitriles is 1. The second-order valence-corrected chi connectivity index (χ2v) is 6.14. The van der Waals surface area contributed by atoms with E-state index in [1.165, 1.54) is 0 Å². The van der Waals surface area contributed by atoms with Crippen LogP contribution in [0.15, 0.2) is 60.9 Å². The van der Waals surface area contributed by atoms with Gasteiger partial charge in [0, 0.05) is 23.3 Å². The first kappa shape index (κ1) is 16.1. The van der Waals surface area contributed by atoms with Gasteiger partial charge in [-0.2, -0.15) is 5.26 Å². The molecule has 0 amide bonds. The van der Waals surface area contributed by atoms with Crippen molar-refractivity contribution < 1.29 is 9.53 Å². The van der Waals surface area contributed by atoms with Gasteiger partial charge in [0.25, 0.3) is 0 Å². The van der Waals surface area contributed by atoms with Crippen molar-refractivity contribution in [2.75, 3.05) is 0 Å². The van der Waals surface area contributed by atoms with Crippen LogP contribution in [0.1, 0.15) is 21.5 Å². The van der Waals surface area contributed by atoms with Crippen LogP contribution in [0.3, 0.4) is 0 Å². The zero-order valence-electron chi connectivity index (χ0n) is 13.5. The number of carbonyl (C=O) groups is 1. The number of carbonyl (C=O) groups excluding carboxylic acids is 1. The quantitative estimate of drug-likeness (QED) is 0.401. The Hall–Kier alpha value is -3.36. The van der Waals surface area contributed by atoms with Gasteiger partial charge in [-0.15, -0.1) is 0 Å². The molecule has 0 bridgehead atoms. The van der Waals surface area contributed by atoms with Gasteiger partial charge in [-0.1, -0.05) is 17.7 Å². The lowest BCUT2D eigenvalue weighted by atomic mass is 10.1. The first-order valence-electron chi connectivity index (χ1n) is 7.88. The Kier molecular flexibility index (Phi) is 4.04. The lowest BCUT2D eigenvalue weighted by Crippen LogP contribution is -2.05. The van der Waals surface area contributed by atoms with Crippen LogP contribution < -0.4 is 0 Å². The van der Waals surface area contributed by atoms with E-state index < -0.39 is 5.97 Å². The number of fused-ring (bicyclic) bond motifs is 2. The summed E-state index contributed by atoms with van der Waals surface area (Å²) in [6.07, 6.45) is 3.65. The fourth-order valence-corrected chi connectivity index (χ4v) is 3.02. The molecule has 26 heavy (non-hydrogen) atoms. The van der Waals surface area contributed by atoms with Crippen LogP contribution in [0.2, 0.25) is 5.15 Å². The number of nitrogens with zero attached hydrogens (tertiary/aromatic N) is 3. The summed E-state index contributed by atoms with van der Waals surface area (Å²) in [5.41, 5.74) is 3.09. The zero-order valence-corrected chi connectivity index (χ0v) is 14.3. The third-order valence-corrected chi connectivity index (χ3v) is 4.33. The first-order chi connectivity index (χ1) is 12.7. The van der Waals surface area contributed by atoms with Crippen LogP contribution in [0, 0.1) is 11.3 Å². The van der Waals surface area contributed by atoms with Crippen molar-refractivity contribution in [2.45, 2.75) is 6.61 Å². The predicted octanol–water partition coefficient (Wildman–Crippen LogP) is 4.37. The number of halogens is 1. The van der Waals surface area contributed by atoms with E-state index in [2.05, 4.69) is 11.1 Å². The molecule has 4 rings (SSSR count). The van der Waals surface area contributed by atoms with Crippen molar-refractivity contribution in [2.24, 2.45) is 0 Å². The Balaban J connectivity index is 1.58. The van der Waals surface area contributed by atoms with Crippen LogP contribution in [-0.2, 0) is 11.3 Å². The van der Waals surface area contributed by atoms with Crippen molar-refractivity contribution in [3.05, 3.63) is 82.8 Å². The molecule has 0 unspecified atom stereocenters. The standard InChI is InChI=1S/C20H12ClN3O2/c21-19-7-5-13-9-14(4-6-17(13)23-19)20(25)26-12-15-11-24-8-2-1-3-18(24)16(15)10-22/h1-9,11H,12H2. The third-order valence-electron chi connectivity index (χ3n) is 4.12. The molecule has 0 aliphatic carbocycles. The molecule has 0 saturated carbocycles. The summed E-state index contributed by atoms with van der Waals surface area (Å²) < 4.78 is 7.25. The highest BCUT2D eigenvalue weighted by Crippen LogP contribution is 2.20. The minimum atomic E-state index is -0.457. The molecule has 5 nitrogen and oxygen atoms in total.